The number of allylic oxidation sites excluding steroid dienone is 2. The Morgan fingerprint density at radius 3 is 2.23 bits per heavy atom. The lowest BCUT2D eigenvalue weighted by molar-refractivity contribution is -0.146. The third kappa shape index (κ3) is 15.6. The van der Waals surface area contributed by atoms with Gasteiger partial charge < -0.3 is 20.3 Å². The molecule has 1 rings (SSSR count). The van der Waals surface area contributed by atoms with Crippen molar-refractivity contribution in [3.8, 4) is 0 Å². The maximum atomic E-state index is 11.7. The molecule has 0 fully saturated rings. The third-order valence-electron chi connectivity index (χ3n) is 5.22. The molecule has 0 aliphatic carbocycles. The summed E-state index contributed by atoms with van der Waals surface area (Å²) in [6.07, 6.45) is 18.1. The zero-order valence-electron chi connectivity index (χ0n) is 19.4. The molecule has 5 nitrogen and oxygen atoms in total. The molecule has 0 radical (unpaired) electrons. The van der Waals surface area contributed by atoms with Gasteiger partial charge in [0, 0.05) is 12.2 Å². The van der Waals surface area contributed by atoms with Crippen LogP contribution in [0.1, 0.15) is 83.1 Å². The van der Waals surface area contributed by atoms with Gasteiger partial charge in [0.15, 0.2) is 0 Å². The SMILES string of the molecule is CCCCCCCCCC/C=C/CCCNc1ccc(CC(=O)OCC(O)CO)cc1. The van der Waals surface area contributed by atoms with Gasteiger partial charge in [0.1, 0.15) is 12.7 Å². The molecular formula is C26H43NO4. The van der Waals surface area contributed by atoms with E-state index in [1.807, 2.05) is 24.3 Å². The van der Waals surface area contributed by atoms with Crippen LogP contribution in [0.5, 0.6) is 0 Å². The Bertz CT molecular complexity index is 586. The first-order chi connectivity index (χ1) is 15.2. The first-order valence-electron chi connectivity index (χ1n) is 12.1. The highest BCUT2D eigenvalue weighted by Crippen LogP contribution is 2.12. The van der Waals surface area contributed by atoms with Gasteiger partial charge in [-0.25, -0.2) is 0 Å². The standard InChI is InChI=1S/C26H43NO4/c1-2-3-4-5-6-7-8-9-10-11-12-13-14-19-27-24-17-15-23(16-18-24)20-26(30)31-22-25(29)21-28/h11-12,15-18,25,27-29H,2-10,13-14,19-22H2,1H3/b12-11+. The summed E-state index contributed by atoms with van der Waals surface area (Å²) in [6.45, 7) is 2.59. The van der Waals surface area contributed by atoms with Crippen LogP contribution < -0.4 is 5.32 Å². The Morgan fingerprint density at radius 1 is 0.968 bits per heavy atom. The van der Waals surface area contributed by atoms with E-state index in [0.29, 0.717) is 0 Å². The van der Waals surface area contributed by atoms with E-state index in [1.54, 1.807) is 0 Å². The highest BCUT2D eigenvalue weighted by atomic mass is 16.5. The molecule has 0 bridgehead atoms. The Morgan fingerprint density at radius 2 is 1.58 bits per heavy atom. The molecule has 1 aromatic rings. The van der Waals surface area contributed by atoms with Crippen molar-refractivity contribution in [2.75, 3.05) is 25.1 Å². The van der Waals surface area contributed by atoms with Gasteiger partial charge in [-0.2, -0.15) is 0 Å². The zero-order chi connectivity index (χ0) is 22.6. The summed E-state index contributed by atoms with van der Waals surface area (Å²) in [6, 6.07) is 7.72. The van der Waals surface area contributed by atoms with Crippen molar-refractivity contribution in [1.29, 1.82) is 0 Å². The van der Waals surface area contributed by atoms with Gasteiger partial charge in [-0.15, -0.1) is 0 Å². The van der Waals surface area contributed by atoms with E-state index in [1.165, 1.54) is 57.8 Å². The van der Waals surface area contributed by atoms with Crippen LogP contribution in [0.2, 0.25) is 0 Å². The second-order valence-corrected chi connectivity index (χ2v) is 8.20. The number of ether oxygens (including phenoxy) is 1. The number of nitrogens with one attached hydrogen (secondary N) is 1. The quantitative estimate of drug-likeness (QED) is 0.155. The third-order valence-corrected chi connectivity index (χ3v) is 5.22. The normalized spacial score (nSPS) is 12.2. The number of esters is 1. The second kappa shape index (κ2) is 18.9. The Labute approximate surface area is 188 Å². The molecule has 0 aromatic heterocycles. The minimum absolute atomic E-state index is 0.155. The molecule has 176 valence electrons. The van der Waals surface area contributed by atoms with Crippen LogP contribution >= 0.6 is 0 Å². The number of anilines is 1. The van der Waals surface area contributed by atoms with E-state index >= 15 is 0 Å². The van der Waals surface area contributed by atoms with Crippen molar-refractivity contribution < 1.29 is 19.7 Å². The number of hydrogen-bond acceptors (Lipinski definition) is 5. The van der Waals surface area contributed by atoms with Crippen molar-refractivity contribution in [3.05, 3.63) is 42.0 Å². The van der Waals surface area contributed by atoms with E-state index in [2.05, 4.69) is 24.4 Å². The average molecular weight is 434 g/mol. The fourth-order valence-electron chi connectivity index (χ4n) is 3.28. The van der Waals surface area contributed by atoms with Crippen molar-refractivity contribution in [1.82, 2.24) is 0 Å². The van der Waals surface area contributed by atoms with Crippen LogP contribution in [0.3, 0.4) is 0 Å². The summed E-state index contributed by atoms with van der Waals surface area (Å²) in [7, 11) is 0. The van der Waals surface area contributed by atoms with Gasteiger partial charge in [0.25, 0.3) is 0 Å². The number of rotatable bonds is 19. The molecule has 5 heteroatoms. The molecule has 0 saturated heterocycles. The first-order valence-corrected chi connectivity index (χ1v) is 12.1. The maximum absolute atomic E-state index is 11.7. The Balaban J connectivity index is 2.02. The number of hydrogen-bond donors (Lipinski definition) is 3. The predicted molar refractivity (Wildman–Crippen MR) is 128 cm³/mol. The molecule has 0 aliphatic rings. The molecule has 0 amide bonds. The number of carbonyl (C=O) groups excluding carboxylic acids is 1. The minimum atomic E-state index is -1.02. The lowest BCUT2D eigenvalue weighted by Crippen LogP contribution is -2.22. The van der Waals surface area contributed by atoms with Gasteiger partial charge in [-0.1, -0.05) is 76.2 Å². The summed E-state index contributed by atoms with van der Waals surface area (Å²) in [4.78, 5) is 11.7. The number of carbonyl (C=O) groups is 1. The number of aliphatic hydroxyl groups is 2. The molecule has 0 aliphatic heterocycles. The van der Waals surface area contributed by atoms with Gasteiger partial charge in [-0.3, -0.25) is 4.79 Å². The van der Waals surface area contributed by atoms with Crippen LogP contribution in [-0.2, 0) is 16.0 Å². The van der Waals surface area contributed by atoms with Crippen LogP contribution in [0.4, 0.5) is 5.69 Å². The number of unbranched alkanes of at least 4 members (excludes halogenated alkanes) is 9. The number of aliphatic hydroxyl groups excluding tert-OH is 2. The average Bonchev–Trinajstić information content (AvgIpc) is 2.78. The fourth-order valence-corrected chi connectivity index (χ4v) is 3.28. The van der Waals surface area contributed by atoms with E-state index in [4.69, 9.17) is 9.84 Å². The summed E-state index contributed by atoms with van der Waals surface area (Å²) in [5.74, 6) is -0.410. The molecule has 1 unspecified atom stereocenters. The zero-order valence-corrected chi connectivity index (χ0v) is 19.4. The van der Waals surface area contributed by atoms with Crippen molar-refractivity contribution in [3.63, 3.8) is 0 Å². The maximum Gasteiger partial charge on any atom is 0.310 e. The highest BCUT2D eigenvalue weighted by molar-refractivity contribution is 5.72. The lowest BCUT2D eigenvalue weighted by atomic mass is 10.1. The molecule has 31 heavy (non-hydrogen) atoms. The van der Waals surface area contributed by atoms with Gasteiger partial charge in [-0.05, 0) is 43.4 Å². The minimum Gasteiger partial charge on any atom is -0.463 e. The van der Waals surface area contributed by atoms with Crippen molar-refractivity contribution in [2.24, 2.45) is 0 Å². The molecule has 0 heterocycles. The molecule has 1 atom stereocenters. The van der Waals surface area contributed by atoms with E-state index in [-0.39, 0.29) is 13.0 Å². The second-order valence-electron chi connectivity index (χ2n) is 8.20. The highest BCUT2D eigenvalue weighted by Gasteiger charge is 2.08. The van der Waals surface area contributed by atoms with Crippen LogP contribution in [0.25, 0.3) is 0 Å². The Kier molecular flexibility index (Phi) is 16.6. The summed E-state index contributed by atoms with van der Waals surface area (Å²) in [5.41, 5.74) is 1.90. The lowest BCUT2D eigenvalue weighted by Gasteiger charge is -2.09. The van der Waals surface area contributed by atoms with Crippen LogP contribution in [0, 0.1) is 0 Å². The molecule has 0 saturated carbocycles. The van der Waals surface area contributed by atoms with Gasteiger partial charge in [0.2, 0.25) is 0 Å². The van der Waals surface area contributed by atoms with Crippen LogP contribution in [-0.4, -0.2) is 42.0 Å². The molecule has 0 spiro atoms. The van der Waals surface area contributed by atoms with Crippen molar-refractivity contribution in [2.45, 2.75) is 90.1 Å². The summed E-state index contributed by atoms with van der Waals surface area (Å²) < 4.78 is 4.91. The monoisotopic (exact) mass is 433 g/mol. The summed E-state index contributed by atoms with van der Waals surface area (Å²) >= 11 is 0. The smallest absolute Gasteiger partial charge is 0.310 e. The van der Waals surface area contributed by atoms with Gasteiger partial charge >= 0.3 is 5.97 Å². The summed E-state index contributed by atoms with van der Waals surface area (Å²) in [5, 5.41) is 21.3. The first kappa shape index (κ1) is 27.2. The predicted octanol–water partition coefficient (Wildman–Crippen LogP) is 5.40. The fraction of sp³-hybridized carbons (Fsp3) is 0.654. The number of benzene rings is 1. The topological polar surface area (TPSA) is 78.8 Å². The van der Waals surface area contributed by atoms with E-state index in [9.17, 15) is 9.90 Å². The van der Waals surface area contributed by atoms with E-state index < -0.39 is 18.7 Å². The molecular weight excluding hydrogens is 390 g/mol. The van der Waals surface area contributed by atoms with Crippen molar-refractivity contribution >= 4 is 11.7 Å². The largest absolute Gasteiger partial charge is 0.463 e. The molecule has 3 N–H and O–H groups in total. The van der Waals surface area contributed by atoms with Gasteiger partial charge in [0.05, 0.1) is 13.0 Å². The Hall–Kier alpha value is -1.85. The van der Waals surface area contributed by atoms with Crippen LogP contribution in [0.15, 0.2) is 36.4 Å². The molecule has 1 aromatic carbocycles. The van der Waals surface area contributed by atoms with E-state index in [0.717, 1.165) is 30.6 Å².